The molecule has 0 saturated carbocycles. The maximum atomic E-state index is 14.6. The summed E-state index contributed by atoms with van der Waals surface area (Å²) >= 11 is 0. The zero-order valence-electron chi connectivity index (χ0n) is 27.7. The molecule has 0 radical (unpaired) electrons. The van der Waals surface area contributed by atoms with Crippen molar-refractivity contribution in [2.45, 2.75) is 25.3 Å². The third-order valence-electron chi connectivity index (χ3n) is 9.89. The van der Waals surface area contributed by atoms with Gasteiger partial charge in [-0.2, -0.15) is 5.10 Å². The molecule has 13 nitrogen and oxygen atoms in total. The molecule has 3 fully saturated rings. The minimum atomic E-state index is -0.648. The summed E-state index contributed by atoms with van der Waals surface area (Å²) < 4.78 is 19.8. The van der Waals surface area contributed by atoms with E-state index in [1.807, 2.05) is 11.0 Å². The van der Waals surface area contributed by atoms with Gasteiger partial charge in [-0.05, 0) is 55.6 Å². The zero-order chi connectivity index (χ0) is 34.3. The van der Waals surface area contributed by atoms with Crippen molar-refractivity contribution >= 4 is 28.5 Å². The number of rotatable bonds is 12. The van der Waals surface area contributed by atoms with Crippen molar-refractivity contribution in [3.05, 3.63) is 75.5 Å². The van der Waals surface area contributed by atoms with Crippen LogP contribution in [0.1, 0.15) is 34.5 Å². The monoisotopic (exact) mass is 676 g/mol. The highest BCUT2D eigenvalue weighted by Crippen LogP contribution is 2.21. The molecule has 3 aliphatic heterocycles. The van der Waals surface area contributed by atoms with Crippen molar-refractivity contribution in [3.63, 3.8) is 0 Å². The third-order valence-corrected chi connectivity index (χ3v) is 9.89. The van der Waals surface area contributed by atoms with E-state index in [2.05, 4.69) is 30.6 Å². The van der Waals surface area contributed by atoms with Crippen molar-refractivity contribution in [2.75, 3.05) is 78.7 Å². The third kappa shape index (κ3) is 8.68. The lowest BCUT2D eigenvalue weighted by Gasteiger charge is -2.40. The fourth-order valence-electron chi connectivity index (χ4n) is 6.80. The molecule has 0 unspecified atom stereocenters. The van der Waals surface area contributed by atoms with Crippen LogP contribution in [0, 0.1) is 17.7 Å². The number of amides is 3. The number of H-pyrrole nitrogens is 1. The Balaban J connectivity index is 0.872. The molecule has 1 atom stereocenters. The molecule has 2 aromatic carbocycles. The number of benzene rings is 2. The van der Waals surface area contributed by atoms with Crippen LogP contribution < -0.4 is 21.9 Å². The number of aromatic amines is 1. The summed E-state index contributed by atoms with van der Waals surface area (Å²) in [5, 5.41) is 13.4. The molecule has 3 amide bonds. The second-order valence-electron chi connectivity index (χ2n) is 13.3. The van der Waals surface area contributed by atoms with E-state index in [0.29, 0.717) is 60.7 Å². The minimum Gasteiger partial charge on any atom is -0.381 e. The lowest BCUT2D eigenvalue weighted by Crippen LogP contribution is -2.58. The number of aromatic nitrogens is 2. The predicted molar refractivity (Wildman–Crippen MR) is 181 cm³/mol. The number of ether oxygens (including phenoxy) is 1. The summed E-state index contributed by atoms with van der Waals surface area (Å²) in [5.41, 5.74) is 7.04. The summed E-state index contributed by atoms with van der Waals surface area (Å²) in [7, 11) is 0. The molecule has 0 bridgehead atoms. The van der Waals surface area contributed by atoms with Crippen LogP contribution in [0.4, 0.5) is 4.39 Å². The SMILES string of the molecule is N[C@@H](C(=O)N1CCN(CC2CCN(CC(=O)NCCNC(=O)c3cc(Cc4n[nH]c(=O)c5ccccc45)ccc3F)CC2)CC1)C1COC1. The van der Waals surface area contributed by atoms with Gasteiger partial charge in [0.2, 0.25) is 11.8 Å². The second kappa shape index (κ2) is 16.0. The molecular formula is C35H45FN8O5. The highest BCUT2D eigenvalue weighted by atomic mass is 19.1. The lowest BCUT2D eigenvalue weighted by atomic mass is 9.95. The van der Waals surface area contributed by atoms with Crippen LogP contribution in [0.2, 0.25) is 0 Å². The van der Waals surface area contributed by atoms with Crippen molar-refractivity contribution in [3.8, 4) is 0 Å². The first-order valence-electron chi connectivity index (χ1n) is 17.1. The van der Waals surface area contributed by atoms with Crippen molar-refractivity contribution in [2.24, 2.45) is 17.6 Å². The first-order chi connectivity index (χ1) is 23.7. The van der Waals surface area contributed by atoms with Gasteiger partial charge in [0.1, 0.15) is 5.82 Å². The molecule has 0 spiro atoms. The van der Waals surface area contributed by atoms with E-state index >= 15 is 0 Å². The van der Waals surface area contributed by atoms with Gasteiger partial charge < -0.3 is 26.0 Å². The number of nitrogens with two attached hydrogens (primary N) is 1. The number of likely N-dealkylation sites (tertiary alicyclic amines) is 1. The van der Waals surface area contributed by atoms with Gasteiger partial charge in [0.15, 0.2) is 0 Å². The molecule has 0 aliphatic carbocycles. The molecule has 3 aliphatic rings. The highest BCUT2D eigenvalue weighted by molar-refractivity contribution is 5.94. The second-order valence-corrected chi connectivity index (χ2v) is 13.3. The molecule has 1 aromatic heterocycles. The number of halogens is 1. The van der Waals surface area contributed by atoms with Crippen molar-refractivity contribution < 1.29 is 23.5 Å². The summed E-state index contributed by atoms with van der Waals surface area (Å²) in [5.74, 6) is -0.610. The first-order valence-corrected chi connectivity index (χ1v) is 17.1. The average molecular weight is 677 g/mol. The maximum Gasteiger partial charge on any atom is 0.272 e. The van der Waals surface area contributed by atoms with Gasteiger partial charge in [-0.1, -0.05) is 24.3 Å². The van der Waals surface area contributed by atoms with Gasteiger partial charge in [0.05, 0.1) is 42.4 Å². The van der Waals surface area contributed by atoms with Gasteiger partial charge in [0.25, 0.3) is 11.5 Å². The number of nitrogens with one attached hydrogen (secondary N) is 3. The Labute approximate surface area is 284 Å². The van der Waals surface area contributed by atoms with E-state index in [1.54, 1.807) is 24.3 Å². The lowest BCUT2D eigenvalue weighted by molar-refractivity contribution is -0.141. The summed E-state index contributed by atoms with van der Waals surface area (Å²) in [6, 6.07) is 11.0. The number of hydrogen-bond donors (Lipinski definition) is 4. The summed E-state index contributed by atoms with van der Waals surface area (Å²) in [6.07, 6.45) is 2.32. The Morgan fingerprint density at radius 2 is 1.67 bits per heavy atom. The molecule has 14 heteroatoms. The fourth-order valence-corrected chi connectivity index (χ4v) is 6.80. The van der Waals surface area contributed by atoms with Gasteiger partial charge in [-0.15, -0.1) is 0 Å². The summed E-state index contributed by atoms with van der Waals surface area (Å²) in [6.45, 7) is 7.59. The number of hydrogen-bond acceptors (Lipinski definition) is 9. The number of carbonyl (C=O) groups is 3. The fraction of sp³-hybridized carbons (Fsp3) is 0.514. The van der Waals surface area contributed by atoms with Crippen molar-refractivity contribution in [1.29, 1.82) is 0 Å². The molecule has 4 heterocycles. The number of carbonyl (C=O) groups excluding carboxylic acids is 3. The Morgan fingerprint density at radius 3 is 2.39 bits per heavy atom. The van der Waals surface area contributed by atoms with Gasteiger partial charge in [0, 0.05) is 63.5 Å². The molecule has 5 N–H and O–H groups in total. The van der Waals surface area contributed by atoms with E-state index in [0.717, 1.165) is 45.6 Å². The minimum absolute atomic E-state index is 0.0354. The largest absolute Gasteiger partial charge is 0.381 e. The van der Waals surface area contributed by atoms with Crippen LogP contribution >= 0.6 is 0 Å². The van der Waals surface area contributed by atoms with Crippen molar-refractivity contribution in [1.82, 2.24) is 35.5 Å². The van der Waals surface area contributed by atoms with Crippen LogP contribution in [0.15, 0.2) is 47.3 Å². The first kappa shape index (κ1) is 34.6. The van der Waals surface area contributed by atoms with Crippen LogP contribution in [0.5, 0.6) is 0 Å². The number of piperazine rings is 1. The van der Waals surface area contributed by atoms with Crippen LogP contribution in [0.3, 0.4) is 0 Å². The van der Waals surface area contributed by atoms with Gasteiger partial charge in [-0.3, -0.25) is 29.0 Å². The quantitative estimate of drug-likeness (QED) is 0.198. The number of nitrogens with zero attached hydrogens (tertiary/aromatic N) is 4. The van der Waals surface area contributed by atoms with E-state index in [9.17, 15) is 23.6 Å². The van der Waals surface area contributed by atoms with E-state index in [1.165, 1.54) is 12.1 Å². The highest BCUT2D eigenvalue weighted by Gasteiger charge is 2.35. The molecular weight excluding hydrogens is 631 g/mol. The molecule has 6 rings (SSSR count). The maximum absolute atomic E-state index is 14.6. The standard InChI is InChI=1S/C35H45FN8O5/c36-29-6-5-24(18-30-26-3-1-2-4-27(26)34(47)41-40-30)17-28(29)33(46)39-10-9-38-31(45)20-42-11-7-23(8-12-42)19-43-13-15-44(16-14-43)35(48)32(37)25-21-49-22-25/h1-6,17,23,25,32H,7-16,18-22,37H2,(H,38,45)(H,39,46)(H,41,47)/t32-/m1/s1. The average Bonchev–Trinajstić information content (AvgIpc) is 3.09. The smallest absolute Gasteiger partial charge is 0.272 e. The molecule has 262 valence electrons. The van der Waals surface area contributed by atoms with Gasteiger partial charge >= 0.3 is 0 Å². The molecule has 3 saturated heterocycles. The van der Waals surface area contributed by atoms with Crippen LogP contribution in [0.25, 0.3) is 10.8 Å². The Hall–Kier alpha value is -4.24. The van der Waals surface area contributed by atoms with E-state index < -0.39 is 17.8 Å². The Morgan fingerprint density at radius 1 is 0.959 bits per heavy atom. The molecule has 49 heavy (non-hydrogen) atoms. The summed E-state index contributed by atoms with van der Waals surface area (Å²) in [4.78, 5) is 56.7. The Bertz CT molecular complexity index is 1700. The topological polar surface area (TPSA) is 166 Å². The van der Waals surface area contributed by atoms with E-state index in [-0.39, 0.29) is 48.5 Å². The predicted octanol–water partition coefficient (Wildman–Crippen LogP) is 0.329. The van der Waals surface area contributed by atoms with Crippen LogP contribution in [-0.2, 0) is 20.7 Å². The van der Waals surface area contributed by atoms with Crippen LogP contribution in [-0.4, -0.2) is 127 Å². The van der Waals surface area contributed by atoms with Gasteiger partial charge in [-0.25, -0.2) is 9.49 Å². The molecule has 3 aromatic rings. The van der Waals surface area contributed by atoms with E-state index in [4.69, 9.17) is 10.5 Å². The Kier molecular flexibility index (Phi) is 11.3. The number of piperidine rings is 1. The number of fused-ring (bicyclic) bond motifs is 1. The zero-order valence-corrected chi connectivity index (χ0v) is 27.7. The normalized spacial score (nSPS) is 18.6.